The topological polar surface area (TPSA) is 0 Å². The van der Waals surface area contributed by atoms with E-state index < -0.39 is 0 Å². The Bertz CT molecular complexity index is 441. The van der Waals surface area contributed by atoms with Gasteiger partial charge in [0.2, 0.25) is 0 Å². The molecule has 2 rings (SSSR count). The van der Waals surface area contributed by atoms with Crippen LogP contribution in [0.1, 0.15) is 25.3 Å². The predicted molar refractivity (Wildman–Crippen MR) is 74.7 cm³/mol. The van der Waals surface area contributed by atoms with Crippen molar-refractivity contribution in [1.82, 2.24) is 0 Å². The van der Waals surface area contributed by atoms with Crippen molar-refractivity contribution in [3.63, 3.8) is 0 Å². The molecule has 1 aliphatic rings. The number of allylic oxidation sites excluding steroid dienone is 4. The summed E-state index contributed by atoms with van der Waals surface area (Å²) in [5.74, 6) is 0. The summed E-state index contributed by atoms with van der Waals surface area (Å²) in [5.41, 5.74) is 2.89. The third-order valence-electron chi connectivity index (χ3n) is 3.06. The maximum absolute atomic E-state index is 2.42. The van der Waals surface area contributed by atoms with Crippen molar-refractivity contribution in [3.8, 4) is 0 Å². The van der Waals surface area contributed by atoms with Crippen LogP contribution in [0.15, 0.2) is 47.3 Å². The van der Waals surface area contributed by atoms with Crippen LogP contribution in [0.2, 0.25) is 0 Å². The van der Waals surface area contributed by atoms with Crippen LogP contribution >= 0.6 is 7.92 Å². The van der Waals surface area contributed by atoms with E-state index in [1.54, 1.807) is 5.31 Å². The van der Waals surface area contributed by atoms with Crippen molar-refractivity contribution in [3.05, 3.63) is 52.9 Å². The molecule has 1 aromatic carbocycles. The van der Waals surface area contributed by atoms with Gasteiger partial charge in [0.15, 0.2) is 0 Å². The molecule has 0 spiro atoms. The van der Waals surface area contributed by atoms with Crippen LogP contribution in [0.5, 0.6) is 0 Å². The van der Waals surface area contributed by atoms with Crippen LogP contribution in [0.3, 0.4) is 0 Å². The highest BCUT2D eigenvalue weighted by Crippen LogP contribution is 2.43. The standard InChI is InChI=1S/C15H19P/c1-12-6-4-8-14(10-12)16(3)15-9-5-7-13(2)11-15/h4,6,8-11H,5,7H2,1-3H3/t16-/m1/s1. The lowest BCUT2D eigenvalue weighted by Crippen LogP contribution is -2.02. The highest BCUT2D eigenvalue weighted by molar-refractivity contribution is 7.69. The summed E-state index contributed by atoms with van der Waals surface area (Å²) in [7, 11) is -0.152. The zero-order valence-corrected chi connectivity index (χ0v) is 11.2. The molecule has 0 saturated heterocycles. The van der Waals surface area contributed by atoms with E-state index in [0.29, 0.717) is 0 Å². The van der Waals surface area contributed by atoms with E-state index in [0.717, 1.165) is 0 Å². The fourth-order valence-electron chi connectivity index (χ4n) is 2.05. The molecule has 0 radical (unpaired) electrons. The number of aryl methyl sites for hydroxylation is 1. The molecule has 1 aromatic rings. The molecule has 1 atom stereocenters. The first-order valence-corrected chi connectivity index (χ1v) is 7.63. The number of rotatable bonds is 2. The van der Waals surface area contributed by atoms with Gasteiger partial charge in [0.25, 0.3) is 0 Å². The molecule has 0 amide bonds. The van der Waals surface area contributed by atoms with E-state index in [9.17, 15) is 0 Å². The fourth-order valence-corrected chi connectivity index (χ4v) is 3.87. The van der Waals surface area contributed by atoms with Crippen molar-refractivity contribution in [1.29, 1.82) is 0 Å². The molecule has 0 nitrogen and oxygen atoms in total. The lowest BCUT2D eigenvalue weighted by Gasteiger charge is -2.18. The van der Waals surface area contributed by atoms with Gasteiger partial charge in [0.1, 0.15) is 0 Å². The quantitative estimate of drug-likeness (QED) is 0.662. The van der Waals surface area contributed by atoms with Crippen LogP contribution in [0.4, 0.5) is 0 Å². The Hall–Kier alpha value is -0.870. The SMILES string of the molecule is CC1=CC([P@](C)c2cccc(C)c2)=CCC1. The monoisotopic (exact) mass is 230 g/mol. The molecule has 0 aliphatic heterocycles. The zero-order valence-electron chi connectivity index (χ0n) is 10.3. The Kier molecular flexibility index (Phi) is 3.61. The second-order valence-corrected chi connectivity index (χ2v) is 6.71. The maximum atomic E-state index is 2.42. The van der Waals surface area contributed by atoms with Gasteiger partial charge in [-0.05, 0) is 51.9 Å². The summed E-state index contributed by atoms with van der Waals surface area (Å²) in [4.78, 5) is 0. The minimum absolute atomic E-state index is 0.152. The highest BCUT2D eigenvalue weighted by atomic mass is 31.1. The van der Waals surface area contributed by atoms with Gasteiger partial charge >= 0.3 is 0 Å². The summed E-state index contributed by atoms with van der Waals surface area (Å²) < 4.78 is 0. The normalized spacial score (nSPS) is 17.7. The highest BCUT2D eigenvalue weighted by Gasteiger charge is 2.11. The van der Waals surface area contributed by atoms with E-state index in [4.69, 9.17) is 0 Å². The molecule has 1 aliphatic carbocycles. The smallest absolute Gasteiger partial charge is 0.0195 e. The van der Waals surface area contributed by atoms with Gasteiger partial charge in [0.05, 0.1) is 0 Å². The van der Waals surface area contributed by atoms with Crippen molar-refractivity contribution in [2.75, 3.05) is 6.66 Å². The average Bonchev–Trinajstić information content (AvgIpc) is 2.28. The lowest BCUT2D eigenvalue weighted by molar-refractivity contribution is 0.958. The summed E-state index contributed by atoms with van der Waals surface area (Å²) in [6, 6.07) is 8.92. The average molecular weight is 230 g/mol. The van der Waals surface area contributed by atoms with E-state index in [1.807, 2.05) is 0 Å². The molecule has 0 heterocycles. The van der Waals surface area contributed by atoms with Gasteiger partial charge in [-0.15, -0.1) is 0 Å². The number of hydrogen-bond donors (Lipinski definition) is 0. The molecule has 0 bridgehead atoms. The van der Waals surface area contributed by atoms with Gasteiger partial charge in [-0.1, -0.05) is 47.6 Å². The maximum Gasteiger partial charge on any atom is -0.0195 e. The number of hydrogen-bond acceptors (Lipinski definition) is 0. The van der Waals surface area contributed by atoms with Crippen LogP contribution in [0, 0.1) is 6.92 Å². The largest absolute Gasteiger partial charge is 0.0762 e. The van der Waals surface area contributed by atoms with Crippen molar-refractivity contribution < 1.29 is 0 Å². The minimum atomic E-state index is -0.152. The zero-order chi connectivity index (χ0) is 11.5. The van der Waals surface area contributed by atoms with Gasteiger partial charge in [-0.2, -0.15) is 0 Å². The van der Waals surface area contributed by atoms with E-state index in [-0.39, 0.29) is 7.92 Å². The summed E-state index contributed by atoms with van der Waals surface area (Å²) in [6.45, 7) is 6.78. The van der Waals surface area contributed by atoms with E-state index >= 15 is 0 Å². The number of benzene rings is 1. The Morgan fingerprint density at radius 2 is 2.00 bits per heavy atom. The van der Waals surface area contributed by atoms with Crippen LogP contribution < -0.4 is 5.30 Å². The Morgan fingerprint density at radius 3 is 2.69 bits per heavy atom. The Balaban J connectivity index is 2.25. The summed E-state index contributed by atoms with van der Waals surface area (Å²) in [5, 5.41) is 3.04. The molecular weight excluding hydrogens is 211 g/mol. The third kappa shape index (κ3) is 2.62. The molecule has 0 N–H and O–H groups in total. The molecule has 1 heteroatoms. The fraction of sp³-hybridized carbons (Fsp3) is 0.333. The van der Waals surface area contributed by atoms with Crippen molar-refractivity contribution in [2.45, 2.75) is 26.7 Å². The first-order valence-electron chi connectivity index (χ1n) is 5.84. The first-order chi connectivity index (χ1) is 7.66. The van der Waals surface area contributed by atoms with Crippen molar-refractivity contribution >= 4 is 13.2 Å². The molecule has 16 heavy (non-hydrogen) atoms. The molecule has 0 saturated carbocycles. The second-order valence-electron chi connectivity index (χ2n) is 4.56. The predicted octanol–water partition coefficient (Wildman–Crippen LogP) is 4.36. The van der Waals surface area contributed by atoms with Crippen LogP contribution in [0.25, 0.3) is 0 Å². The Morgan fingerprint density at radius 1 is 1.19 bits per heavy atom. The van der Waals surface area contributed by atoms with Gasteiger partial charge in [-0.25, -0.2) is 0 Å². The first kappa shape index (κ1) is 11.6. The molecule has 84 valence electrons. The molecule has 0 fully saturated rings. The summed E-state index contributed by atoms with van der Waals surface area (Å²) >= 11 is 0. The van der Waals surface area contributed by atoms with Crippen LogP contribution in [-0.4, -0.2) is 6.66 Å². The lowest BCUT2D eigenvalue weighted by atomic mass is 10.1. The van der Waals surface area contributed by atoms with Crippen LogP contribution in [-0.2, 0) is 0 Å². The van der Waals surface area contributed by atoms with Gasteiger partial charge < -0.3 is 0 Å². The van der Waals surface area contributed by atoms with E-state index in [2.05, 4.69) is 56.9 Å². The molecular formula is C15H19P. The third-order valence-corrected chi connectivity index (χ3v) is 5.20. The second kappa shape index (κ2) is 4.97. The summed E-state index contributed by atoms with van der Waals surface area (Å²) in [6.07, 6.45) is 7.26. The van der Waals surface area contributed by atoms with Gasteiger partial charge in [0, 0.05) is 0 Å². The molecule has 0 aromatic heterocycles. The van der Waals surface area contributed by atoms with Gasteiger partial charge in [-0.3, -0.25) is 0 Å². The Labute approximate surface area is 99.8 Å². The molecule has 0 unspecified atom stereocenters. The van der Waals surface area contributed by atoms with Crippen molar-refractivity contribution in [2.24, 2.45) is 0 Å². The van der Waals surface area contributed by atoms with E-state index in [1.165, 1.54) is 29.3 Å². The minimum Gasteiger partial charge on any atom is -0.0762 e.